The van der Waals surface area contributed by atoms with E-state index in [-0.39, 0.29) is 5.91 Å². The number of carbonyl (C=O) groups is 1. The molecule has 1 aromatic carbocycles. The fraction of sp³-hybridized carbons (Fsp3) is 0.529. The lowest BCUT2D eigenvalue weighted by Gasteiger charge is -2.34. The molecule has 0 atom stereocenters. The number of oxazole rings is 1. The van der Waals surface area contributed by atoms with E-state index < -0.39 is 0 Å². The molecule has 2 aliphatic heterocycles. The molecule has 6 nitrogen and oxygen atoms in total. The summed E-state index contributed by atoms with van der Waals surface area (Å²) in [7, 11) is 0. The van der Waals surface area contributed by atoms with Crippen LogP contribution in [-0.2, 0) is 4.79 Å². The number of carbonyl (C=O) groups excluding carboxylic acids is 1. The van der Waals surface area contributed by atoms with Gasteiger partial charge in [0, 0.05) is 39.3 Å². The molecular formula is C17H22N4O2. The van der Waals surface area contributed by atoms with Gasteiger partial charge in [-0.2, -0.15) is 4.98 Å². The molecule has 0 radical (unpaired) electrons. The van der Waals surface area contributed by atoms with Gasteiger partial charge in [-0.3, -0.25) is 9.69 Å². The average molecular weight is 314 g/mol. The van der Waals surface area contributed by atoms with Crippen LogP contribution in [0.2, 0.25) is 0 Å². The Balaban J connectivity index is 1.34. The van der Waals surface area contributed by atoms with Crippen molar-refractivity contribution in [3.63, 3.8) is 0 Å². The highest BCUT2D eigenvalue weighted by Crippen LogP contribution is 2.22. The van der Waals surface area contributed by atoms with Crippen molar-refractivity contribution in [1.29, 1.82) is 0 Å². The van der Waals surface area contributed by atoms with E-state index in [4.69, 9.17) is 4.42 Å². The number of piperazine rings is 1. The van der Waals surface area contributed by atoms with Crippen LogP contribution in [0.4, 0.5) is 6.01 Å². The minimum Gasteiger partial charge on any atom is -0.423 e. The van der Waals surface area contributed by atoms with Gasteiger partial charge in [0.05, 0.1) is 6.54 Å². The van der Waals surface area contributed by atoms with E-state index in [1.54, 1.807) is 0 Å². The molecule has 0 aliphatic carbocycles. The molecule has 0 N–H and O–H groups in total. The highest BCUT2D eigenvalue weighted by atomic mass is 16.4. The molecule has 23 heavy (non-hydrogen) atoms. The predicted molar refractivity (Wildman–Crippen MR) is 88.5 cm³/mol. The van der Waals surface area contributed by atoms with Gasteiger partial charge in [0.2, 0.25) is 5.91 Å². The van der Waals surface area contributed by atoms with Crippen LogP contribution in [0, 0.1) is 0 Å². The van der Waals surface area contributed by atoms with Crippen LogP contribution >= 0.6 is 0 Å². The lowest BCUT2D eigenvalue weighted by atomic mass is 10.3. The van der Waals surface area contributed by atoms with Gasteiger partial charge in [0.25, 0.3) is 6.01 Å². The highest BCUT2D eigenvalue weighted by molar-refractivity contribution is 5.78. The number of fused-ring (bicyclic) bond motifs is 1. The Morgan fingerprint density at radius 3 is 2.52 bits per heavy atom. The maximum absolute atomic E-state index is 12.2. The molecule has 0 bridgehead atoms. The molecule has 6 heteroatoms. The summed E-state index contributed by atoms with van der Waals surface area (Å²) in [5, 5.41) is 0. The summed E-state index contributed by atoms with van der Waals surface area (Å²) >= 11 is 0. The van der Waals surface area contributed by atoms with E-state index in [1.165, 1.54) is 0 Å². The van der Waals surface area contributed by atoms with Gasteiger partial charge < -0.3 is 14.2 Å². The number of rotatable bonds is 3. The van der Waals surface area contributed by atoms with Crippen LogP contribution in [0.5, 0.6) is 0 Å². The Hall–Kier alpha value is -2.08. The predicted octanol–water partition coefficient (Wildman–Crippen LogP) is 1.57. The lowest BCUT2D eigenvalue weighted by Crippen LogP contribution is -2.50. The van der Waals surface area contributed by atoms with E-state index in [2.05, 4.69) is 14.8 Å². The van der Waals surface area contributed by atoms with Crippen LogP contribution in [0.3, 0.4) is 0 Å². The summed E-state index contributed by atoms with van der Waals surface area (Å²) in [5.74, 6) is 0.276. The molecule has 4 rings (SSSR count). The van der Waals surface area contributed by atoms with Crippen molar-refractivity contribution in [3.05, 3.63) is 24.3 Å². The summed E-state index contributed by atoms with van der Waals surface area (Å²) < 4.78 is 5.83. The zero-order valence-corrected chi connectivity index (χ0v) is 13.3. The maximum atomic E-state index is 12.2. The molecule has 2 aliphatic rings. The van der Waals surface area contributed by atoms with E-state index in [1.807, 2.05) is 29.2 Å². The van der Waals surface area contributed by atoms with Gasteiger partial charge in [0.15, 0.2) is 5.58 Å². The number of anilines is 1. The fourth-order valence-corrected chi connectivity index (χ4v) is 3.35. The number of hydrogen-bond acceptors (Lipinski definition) is 5. The zero-order valence-electron chi connectivity index (χ0n) is 13.3. The van der Waals surface area contributed by atoms with Crippen molar-refractivity contribution >= 4 is 23.0 Å². The number of amides is 1. The molecule has 1 amide bonds. The standard InChI is InChI=1S/C17H22N4O2/c22-16(20-7-3-4-8-20)13-19-9-11-21(12-10-19)17-18-14-5-1-2-6-15(14)23-17/h1-2,5-6H,3-4,7-13H2. The van der Waals surface area contributed by atoms with Gasteiger partial charge in [-0.1, -0.05) is 12.1 Å². The Morgan fingerprint density at radius 1 is 1.04 bits per heavy atom. The second-order valence-electron chi connectivity index (χ2n) is 6.32. The fourth-order valence-electron chi connectivity index (χ4n) is 3.35. The first-order valence-electron chi connectivity index (χ1n) is 8.40. The van der Waals surface area contributed by atoms with Crippen molar-refractivity contribution in [2.75, 3.05) is 50.7 Å². The van der Waals surface area contributed by atoms with Gasteiger partial charge in [-0.25, -0.2) is 0 Å². The van der Waals surface area contributed by atoms with Crippen molar-refractivity contribution in [3.8, 4) is 0 Å². The van der Waals surface area contributed by atoms with Crippen LogP contribution in [0.15, 0.2) is 28.7 Å². The SMILES string of the molecule is O=C(CN1CCN(c2nc3ccccc3o2)CC1)N1CCCC1. The van der Waals surface area contributed by atoms with Gasteiger partial charge in [0.1, 0.15) is 5.52 Å². The maximum Gasteiger partial charge on any atom is 0.298 e. The van der Waals surface area contributed by atoms with Gasteiger partial charge in [-0.05, 0) is 25.0 Å². The normalized spacial score (nSPS) is 19.7. The summed E-state index contributed by atoms with van der Waals surface area (Å²) in [5.41, 5.74) is 1.73. The molecule has 1 aromatic heterocycles. The summed E-state index contributed by atoms with van der Waals surface area (Å²) in [4.78, 5) is 23.2. The zero-order chi connectivity index (χ0) is 15.6. The van der Waals surface area contributed by atoms with E-state index in [9.17, 15) is 4.79 Å². The number of hydrogen-bond donors (Lipinski definition) is 0. The molecule has 3 heterocycles. The van der Waals surface area contributed by atoms with Crippen molar-refractivity contribution in [2.45, 2.75) is 12.8 Å². The number of benzene rings is 1. The molecule has 122 valence electrons. The molecule has 0 unspecified atom stereocenters. The first kappa shape index (κ1) is 14.5. The largest absolute Gasteiger partial charge is 0.423 e. The summed E-state index contributed by atoms with van der Waals surface area (Å²) in [6.45, 7) is 5.85. The smallest absolute Gasteiger partial charge is 0.298 e. The molecule has 2 saturated heterocycles. The molecule has 0 saturated carbocycles. The van der Waals surface area contributed by atoms with Crippen LogP contribution in [-0.4, -0.2) is 66.5 Å². The Bertz CT molecular complexity index is 652. The number of aromatic nitrogens is 1. The Morgan fingerprint density at radius 2 is 1.78 bits per heavy atom. The highest BCUT2D eigenvalue weighted by Gasteiger charge is 2.25. The minimum absolute atomic E-state index is 0.276. The number of nitrogens with zero attached hydrogens (tertiary/aromatic N) is 4. The van der Waals surface area contributed by atoms with Crippen molar-refractivity contribution in [2.24, 2.45) is 0 Å². The topological polar surface area (TPSA) is 52.8 Å². The van der Waals surface area contributed by atoms with Crippen molar-refractivity contribution < 1.29 is 9.21 Å². The number of para-hydroxylation sites is 2. The van der Waals surface area contributed by atoms with Crippen LogP contribution < -0.4 is 4.90 Å². The third-order valence-electron chi connectivity index (χ3n) is 4.74. The third-order valence-corrected chi connectivity index (χ3v) is 4.74. The molecule has 2 aromatic rings. The molecular weight excluding hydrogens is 292 g/mol. The second-order valence-corrected chi connectivity index (χ2v) is 6.32. The van der Waals surface area contributed by atoms with Crippen LogP contribution in [0.25, 0.3) is 11.1 Å². The first-order valence-corrected chi connectivity index (χ1v) is 8.40. The van der Waals surface area contributed by atoms with Gasteiger partial charge in [-0.15, -0.1) is 0 Å². The Labute approximate surface area is 135 Å². The minimum atomic E-state index is 0.276. The summed E-state index contributed by atoms with van der Waals surface area (Å²) in [6, 6.07) is 8.52. The number of likely N-dealkylation sites (tertiary alicyclic amines) is 1. The van der Waals surface area contributed by atoms with E-state index >= 15 is 0 Å². The third kappa shape index (κ3) is 3.03. The van der Waals surface area contributed by atoms with Crippen LogP contribution in [0.1, 0.15) is 12.8 Å². The summed E-state index contributed by atoms with van der Waals surface area (Å²) in [6.07, 6.45) is 2.30. The monoisotopic (exact) mass is 314 g/mol. The molecule has 0 spiro atoms. The first-order chi connectivity index (χ1) is 11.3. The van der Waals surface area contributed by atoms with E-state index in [0.717, 1.165) is 63.2 Å². The Kier molecular flexibility index (Phi) is 3.91. The quantitative estimate of drug-likeness (QED) is 0.861. The lowest BCUT2D eigenvalue weighted by molar-refractivity contribution is -0.131. The average Bonchev–Trinajstić information content (AvgIpc) is 3.25. The van der Waals surface area contributed by atoms with Crippen molar-refractivity contribution in [1.82, 2.24) is 14.8 Å². The van der Waals surface area contributed by atoms with E-state index in [0.29, 0.717) is 12.6 Å². The van der Waals surface area contributed by atoms with Gasteiger partial charge >= 0.3 is 0 Å². The molecule has 2 fully saturated rings. The second kappa shape index (κ2) is 6.20.